The lowest BCUT2D eigenvalue weighted by molar-refractivity contribution is 0.0948. The minimum Gasteiger partial charge on any atom is -0.467 e. The van der Waals surface area contributed by atoms with Crippen molar-refractivity contribution in [1.29, 1.82) is 0 Å². The molecule has 0 saturated heterocycles. The fourth-order valence-electron chi connectivity index (χ4n) is 3.15. The molecule has 31 heavy (non-hydrogen) atoms. The summed E-state index contributed by atoms with van der Waals surface area (Å²) in [5.41, 5.74) is 2.62. The number of hydrogen-bond acceptors (Lipinski definition) is 5. The number of nitrogens with zero attached hydrogens (tertiary/aromatic N) is 1. The summed E-state index contributed by atoms with van der Waals surface area (Å²) in [6.07, 6.45) is 1.58. The molecule has 0 spiro atoms. The van der Waals surface area contributed by atoms with Gasteiger partial charge in [-0.1, -0.05) is 18.2 Å². The zero-order valence-electron chi connectivity index (χ0n) is 17.2. The number of fused-ring (bicyclic) bond motifs is 1. The molecule has 1 aromatic heterocycles. The fourth-order valence-corrected chi connectivity index (χ4v) is 3.15. The van der Waals surface area contributed by atoms with Gasteiger partial charge < -0.3 is 29.8 Å². The molecule has 2 heterocycles. The molecule has 0 aliphatic carbocycles. The van der Waals surface area contributed by atoms with Crippen LogP contribution in [0.3, 0.4) is 0 Å². The van der Waals surface area contributed by atoms with Gasteiger partial charge in [-0.05, 0) is 47.5 Å². The molecule has 4 rings (SSSR count). The van der Waals surface area contributed by atoms with Crippen LogP contribution in [-0.2, 0) is 19.6 Å². The molecule has 1 aliphatic heterocycles. The van der Waals surface area contributed by atoms with E-state index in [9.17, 15) is 4.79 Å². The van der Waals surface area contributed by atoms with Gasteiger partial charge in [-0.25, -0.2) is 0 Å². The first kappa shape index (κ1) is 20.3. The largest absolute Gasteiger partial charge is 0.467 e. The summed E-state index contributed by atoms with van der Waals surface area (Å²) in [6.45, 7) is 1.73. The first-order chi connectivity index (χ1) is 15.2. The number of carbonyl (C=O) groups excluding carboxylic acids is 1. The van der Waals surface area contributed by atoms with Crippen molar-refractivity contribution in [3.63, 3.8) is 0 Å². The van der Waals surface area contributed by atoms with Gasteiger partial charge >= 0.3 is 0 Å². The van der Waals surface area contributed by atoms with Gasteiger partial charge in [-0.2, -0.15) is 0 Å². The van der Waals surface area contributed by atoms with E-state index in [0.29, 0.717) is 36.9 Å². The molecule has 0 bridgehead atoms. The van der Waals surface area contributed by atoms with Crippen LogP contribution in [-0.4, -0.2) is 25.7 Å². The van der Waals surface area contributed by atoms with Crippen LogP contribution in [0.5, 0.6) is 11.5 Å². The molecular weight excluding hydrogens is 396 g/mol. The van der Waals surface area contributed by atoms with E-state index in [-0.39, 0.29) is 12.7 Å². The van der Waals surface area contributed by atoms with Crippen molar-refractivity contribution in [2.75, 3.05) is 13.8 Å². The molecule has 0 fully saturated rings. The van der Waals surface area contributed by atoms with E-state index in [1.807, 2.05) is 42.5 Å². The molecule has 0 atom stereocenters. The topological polar surface area (TPSA) is 97.1 Å². The monoisotopic (exact) mass is 420 g/mol. The molecule has 3 aromatic rings. The lowest BCUT2D eigenvalue weighted by Gasteiger charge is -2.13. The Labute approximate surface area is 180 Å². The van der Waals surface area contributed by atoms with E-state index in [1.165, 1.54) is 0 Å². The quantitative estimate of drug-likeness (QED) is 0.402. The molecule has 8 heteroatoms. The highest BCUT2D eigenvalue weighted by Crippen LogP contribution is 2.32. The second-order valence-corrected chi connectivity index (χ2v) is 6.93. The average Bonchev–Trinajstić information content (AvgIpc) is 3.49. The molecule has 0 saturated carbocycles. The molecule has 1 amide bonds. The number of ether oxygens (including phenoxy) is 2. The molecule has 0 radical (unpaired) electrons. The van der Waals surface area contributed by atoms with Crippen LogP contribution in [0.25, 0.3) is 0 Å². The smallest absolute Gasteiger partial charge is 0.251 e. The van der Waals surface area contributed by atoms with E-state index in [0.717, 1.165) is 22.6 Å². The Morgan fingerprint density at radius 1 is 0.903 bits per heavy atom. The van der Waals surface area contributed by atoms with E-state index >= 15 is 0 Å². The highest BCUT2D eigenvalue weighted by atomic mass is 16.7. The van der Waals surface area contributed by atoms with Crippen LogP contribution in [0.1, 0.15) is 27.2 Å². The third kappa shape index (κ3) is 5.36. The number of furan rings is 1. The lowest BCUT2D eigenvalue weighted by atomic mass is 10.1. The number of nitrogens with one attached hydrogen (secondary N) is 3. The molecule has 160 valence electrons. The van der Waals surface area contributed by atoms with Crippen molar-refractivity contribution in [2.24, 2.45) is 4.99 Å². The minimum absolute atomic E-state index is 0.149. The third-order valence-electron chi connectivity index (χ3n) is 4.77. The normalized spacial score (nSPS) is 12.5. The van der Waals surface area contributed by atoms with Crippen molar-refractivity contribution in [3.05, 3.63) is 83.3 Å². The first-order valence-electron chi connectivity index (χ1n) is 9.94. The maximum Gasteiger partial charge on any atom is 0.251 e. The number of carbonyl (C=O) groups is 1. The Balaban J connectivity index is 1.28. The Bertz CT molecular complexity index is 1060. The maximum absolute atomic E-state index is 12.4. The molecule has 2 aromatic carbocycles. The zero-order chi connectivity index (χ0) is 21.5. The van der Waals surface area contributed by atoms with Gasteiger partial charge in [0.1, 0.15) is 5.76 Å². The highest BCUT2D eigenvalue weighted by molar-refractivity contribution is 5.94. The molecule has 3 N–H and O–H groups in total. The summed E-state index contributed by atoms with van der Waals surface area (Å²) in [5.74, 6) is 2.74. The van der Waals surface area contributed by atoms with Crippen LogP contribution >= 0.6 is 0 Å². The zero-order valence-corrected chi connectivity index (χ0v) is 17.2. The van der Waals surface area contributed by atoms with E-state index < -0.39 is 0 Å². The predicted octanol–water partition coefficient (Wildman–Crippen LogP) is 2.80. The van der Waals surface area contributed by atoms with Crippen LogP contribution in [0.4, 0.5) is 0 Å². The van der Waals surface area contributed by atoms with Crippen molar-refractivity contribution in [2.45, 2.75) is 19.6 Å². The lowest BCUT2D eigenvalue weighted by Crippen LogP contribution is -2.36. The summed E-state index contributed by atoms with van der Waals surface area (Å²) in [6, 6.07) is 16.9. The van der Waals surface area contributed by atoms with Gasteiger partial charge in [0.05, 0.1) is 12.8 Å². The van der Waals surface area contributed by atoms with Crippen LogP contribution in [0.15, 0.2) is 70.3 Å². The Hall–Kier alpha value is -3.94. The number of amides is 1. The summed E-state index contributed by atoms with van der Waals surface area (Å²) < 4.78 is 16.0. The predicted molar refractivity (Wildman–Crippen MR) is 116 cm³/mol. The number of guanidine groups is 1. The van der Waals surface area contributed by atoms with E-state index in [1.54, 1.807) is 25.4 Å². The SMILES string of the molecule is CN=C(NCc1cccc(C(=O)NCc2ccco2)c1)NCc1ccc2c(c1)OCO2. The highest BCUT2D eigenvalue weighted by Gasteiger charge is 2.13. The average molecular weight is 420 g/mol. The number of hydrogen-bond donors (Lipinski definition) is 3. The molecule has 1 aliphatic rings. The van der Waals surface area contributed by atoms with Crippen LogP contribution in [0, 0.1) is 0 Å². The Morgan fingerprint density at radius 2 is 1.71 bits per heavy atom. The second-order valence-electron chi connectivity index (χ2n) is 6.93. The van der Waals surface area contributed by atoms with Gasteiger partial charge in [0.15, 0.2) is 17.5 Å². The van der Waals surface area contributed by atoms with Crippen LogP contribution in [0.2, 0.25) is 0 Å². The van der Waals surface area contributed by atoms with Crippen molar-refractivity contribution < 1.29 is 18.7 Å². The molecular formula is C23H24N4O4. The fraction of sp³-hybridized carbons (Fsp3) is 0.217. The van der Waals surface area contributed by atoms with Gasteiger partial charge in [-0.3, -0.25) is 9.79 Å². The standard InChI is InChI=1S/C23H24N4O4/c1-24-23(27-13-17-7-8-20-21(11-17)31-15-30-20)26-12-16-4-2-5-18(10-16)22(28)25-14-19-6-3-9-29-19/h2-11H,12-15H2,1H3,(H,25,28)(H2,24,26,27). The minimum atomic E-state index is -0.149. The number of rotatable bonds is 7. The molecule has 0 unspecified atom stereocenters. The maximum atomic E-state index is 12.4. The van der Waals surface area contributed by atoms with Gasteiger partial charge in [0.2, 0.25) is 6.79 Å². The second kappa shape index (κ2) is 9.71. The van der Waals surface area contributed by atoms with Crippen molar-refractivity contribution >= 4 is 11.9 Å². The van der Waals surface area contributed by atoms with Crippen LogP contribution < -0.4 is 25.4 Å². The van der Waals surface area contributed by atoms with Crippen molar-refractivity contribution in [3.8, 4) is 11.5 Å². The summed E-state index contributed by atoms with van der Waals surface area (Å²) in [5, 5.41) is 9.39. The summed E-state index contributed by atoms with van der Waals surface area (Å²) >= 11 is 0. The molecule has 8 nitrogen and oxygen atoms in total. The van der Waals surface area contributed by atoms with Gasteiger partial charge in [-0.15, -0.1) is 0 Å². The van der Waals surface area contributed by atoms with E-state index in [2.05, 4.69) is 20.9 Å². The van der Waals surface area contributed by atoms with Crippen molar-refractivity contribution in [1.82, 2.24) is 16.0 Å². The van der Waals surface area contributed by atoms with Gasteiger partial charge in [0, 0.05) is 25.7 Å². The Kier molecular flexibility index (Phi) is 6.37. The Morgan fingerprint density at radius 3 is 2.48 bits per heavy atom. The van der Waals surface area contributed by atoms with Gasteiger partial charge in [0.25, 0.3) is 5.91 Å². The first-order valence-corrected chi connectivity index (χ1v) is 9.94. The van der Waals surface area contributed by atoms with E-state index in [4.69, 9.17) is 13.9 Å². The number of benzene rings is 2. The summed E-state index contributed by atoms with van der Waals surface area (Å²) in [4.78, 5) is 16.7. The summed E-state index contributed by atoms with van der Waals surface area (Å²) in [7, 11) is 1.72. The number of aliphatic imine (C=N–C) groups is 1. The third-order valence-corrected chi connectivity index (χ3v) is 4.77.